The number of aromatic nitrogens is 3. The summed E-state index contributed by atoms with van der Waals surface area (Å²) in [6.07, 6.45) is 3.21. The van der Waals surface area contributed by atoms with Crippen molar-refractivity contribution in [3.63, 3.8) is 0 Å². The average Bonchev–Trinajstić information content (AvgIpc) is 3.28. The van der Waals surface area contributed by atoms with E-state index in [0.29, 0.717) is 28.0 Å². The molecule has 0 saturated heterocycles. The molecule has 0 atom stereocenters. The number of nitrogens with zero attached hydrogens (tertiary/aromatic N) is 2. The Hall–Kier alpha value is -4.46. The SMILES string of the molecule is Cc1cccc(C)c1Oc1cn(C)c(=O)cc1-c1cn(C)c(=O)c2[nH]c(-c3cc(F)ccc3F)cc12. The fourth-order valence-electron chi connectivity index (χ4n) is 4.36. The lowest BCUT2D eigenvalue weighted by Gasteiger charge is -2.17. The van der Waals surface area contributed by atoms with Crippen molar-refractivity contribution in [2.45, 2.75) is 13.8 Å². The van der Waals surface area contributed by atoms with Gasteiger partial charge in [-0.05, 0) is 49.2 Å². The topological polar surface area (TPSA) is 69.0 Å². The quantitative estimate of drug-likeness (QED) is 0.360. The largest absolute Gasteiger partial charge is 0.455 e. The zero-order chi connectivity index (χ0) is 25.7. The first-order valence-electron chi connectivity index (χ1n) is 11.3. The highest BCUT2D eigenvalue weighted by molar-refractivity contribution is 5.98. The predicted octanol–water partition coefficient (Wildman–Crippen LogP) is 5.59. The normalized spacial score (nSPS) is 11.3. The van der Waals surface area contributed by atoms with Crippen LogP contribution in [0.4, 0.5) is 8.78 Å². The van der Waals surface area contributed by atoms with Gasteiger partial charge in [0.25, 0.3) is 11.1 Å². The Morgan fingerprint density at radius 1 is 0.833 bits per heavy atom. The molecule has 0 saturated carbocycles. The van der Waals surface area contributed by atoms with Crippen LogP contribution in [0.5, 0.6) is 11.5 Å². The summed E-state index contributed by atoms with van der Waals surface area (Å²) in [6, 6.07) is 12.0. The molecule has 3 aromatic heterocycles. The second-order valence-corrected chi connectivity index (χ2v) is 8.88. The van der Waals surface area contributed by atoms with Crippen LogP contribution in [0.1, 0.15) is 11.1 Å². The van der Waals surface area contributed by atoms with Gasteiger partial charge in [0.15, 0.2) is 5.75 Å². The second kappa shape index (κ2) is 8.64. The van der Waals surface area contributed by atoms with Crippen LogP contribution >= 0.6 is 0 Å². The monoisotopic (exact) mass is 487 g/mol. The van der Waals surface area contributed by atoms with Crippen molar-refractivity contribution >= 4 is 10.9 Å². The molecule has 182 valence electrons. The molecule has 3 heterocycles. The van der Waals surface area contributed by atoms with Gasteiger partial charge >= 0.3 is 0 Å². The zero-order valence-electron chi connectivity index (χ0n) is 20.1. The van der Waals surface area contributed by atoms with Crippen LogP contribution in [0.15, 0.2) is 70.5 Å². The molecule has 0 aliphatic carbocycles. The van der Waals surface area contributed by atoms with E-state index in [4.69, 9.17) is 4.74 Å². The Morgan fingerprint density at radius 3 is 2.28 bits per heavy atom. The summed E-state index contributed by atoms with van der Waals surface area (Å²) in [4.78, 5) is 28.6. The van der Waals surface area contributed by atoms with Gasteiger partial charge < -0.3 is 18.9 Å². The Balaban J connectivity index is 1.79. The van der Waals surface area contributed by atoms with Gasteiger partial charge in [0.2, 0.25) is 0 Å². The van der Waals surface area contributed by atoms with Crippen LogP contribution in [0, 0.1) is 25.5 Å². The predicted molar refractivity (Wildman–Crippen MR) is 136 cm³/mol. The molecule has 0 unspecified atom stereocenters. The molecule has 0 amide bonds. The van der Waals surface area contributed by atoms with Crippen molar-refractivity contribution in [3.8, 4) is 33.9 Å². The maximum absolute atomic E-state index is 14.5. The summed E-state index contributed by atoms with van der Waals surface area (Å²) < 4.78 is 37.5. The molecule has 0 bridgehead atoms. The molecule has 36 heavy (non-hydrogen) atoms. The van der Waals surface area contributed by atoms with Gasteiger partial charge in [-0.1, -0.05) is 18.2 Å². The number of aromatic amines is 1. The molecule has 0 spiro atoms. The average molecular weight is 488 g/mol. The number of aryl methyl sites for hydroxylation is 4. The molecule has 1 N–H and O–H groups in total. The first-order chi connectivity index (χ1) is 17.1. The Labute approximate surface area is 205 Å². The van der Waals surface area contributed by atoms with Crippen LogP contribution in [-0.4, -0.2) is 14.1 Å². The molecule has 0 radical (unpaired) electrons. The molecule has 8 heteroatoms. The van der Waals surface area contributed by atoms with Gasteiger partial charge in [0.1, 0.15) is 22.9 Å². The maximum atomic E-state index is 14.5. The highest BCUT2D eigenvalue weighted by Gasteiger charge is 2.20. The van der Waals surface area contributed by atoms with Crippen molar-refractivity contribution in [2.24, 2.45) is 14.1 Å². The molecule has 6 nitrogen and oxygen atoms in total. The Morgan fingerprint density at radius 2 is 1.56 bits per heavy atom. The number of halogens is 2. The number of benzene rings is 2. The summed E-state index contributed by atoms with van der Waals surface area (Å²) in [6.45, 7) is 3.86. The van der Waals surface area contributed by atoms with Gasteiger partial charge in [0, 0.05) is 54.1 Å². The first-order valence-corrected chi connectivity index (χ1v) is 11.3. The van der Waals surface area contributed by atoms with Crippen molar-refractivity contribution in [1.29, 1.82) is 0 Å². The van der Waals surface area contributed by atoms with E-state index in [2.05, 4.69) is 4.98 Å². The zero-order valence-corrected chi connectivity index (χ0v) is 20.1. The van der Waals surface area contributed by atoms with E-state index in [1.54, 1.807) is 32.6 Å². The second-order valence-electron chi connectivity index (χ2n) is 8.88. The molecule has 5 rings (SSSR count). The minimum absolute atomic E-state index is 0.00446. The first kappa shape index (κ1) is 23.3. The summed E-state index contributed by atoms with van der Waals surface area (Å²) in [5.74, 6) is -0.160. The highest BCUT2D eigenvalue weighted by Crippen LogP contribution is 2.38. The fraction of sp³-hybridized carbons (Fsp3) is 0.143. The Kier molecular flexibility index (Phi) is 5.59. The maximum Gasteiger partial charge on any atom is 0.274 e. The number of pyridine rings is 2. The number of hydrogen-bond acceptors (Lipinski definition) is 3. The van der Waals surface area contributed by atoms with E-state index in [0.717, 1.165) is 29.3 Å². The van der Waals surface area contributed by atoms with E-state index < -0.39 is 11.6 Å². The number of rotatable bonds is 4. The fourth-order valence-corrected chi connectivity index (χ4v) is 4.36. The van der Waals surface area contributed by atoms with E-state index in [-0.39, 0.29) is 27.9 Å². The lowest BCUT2D eigenvalue weighted by atomic mass is 10.0. The van der Waals surface area contributed by atoms with Gasteiger partial charge in [-0.25, -0.2) is 8.78 Å². The molecule has 5 aromatic rings. The number of nitrogens with one attached hydrogen (secondary N) is 1. The number of ether oxygens (including phenoxy) is 1. The number of hydrogen-bond donors (Lipinski definition) is 1. The number of para-hydroxylation sites is 1. The number of fused-ring (bicyclic) bond motifs is 1. The third-order valence-corrected chi connectivity index (χ3v) is 6.29. The van der Waals surface area contributed by atoms with E-state index in [1.165, 1.54) is 15.2 Å². The minimum Gasteiger partial charge on any atom is -0.455 e. The summed E-state index contributed by atoms with van der Waals surface area (Å²) in [5, 5.41) is 0.455. The van der Waals surface area contributed by atoms with Gasteiger partial charge in [-0.2, -0.15) is 0 Å². The van der Waals surface area contributed by atoms with Crippen LogP contribution in [-0.2, 0) is 14.1 Å². The van der Waals surface area contributed by atoms with Crippen molar-refractivity contribution in [2.75, 3.05) is 0 Å². The molecule has 0 fully saturated rings. The van der Waals surface area contributed by atoms with E-state index in [1.807, 2.05) is 32.0 Å². The molecule has 0 aliphatic heterocycles. The standard InChI is InChI=1S/C28H23F2N3O3/c1-15-6-5-7-16(2)27(15)36-24-14-32(3)25(34)12-18(24)21-13-33(4)28(35)26-19(21)11-23(31-26)20-10-17(29)8-9-22(20)30/h5-14,31H,1-4H3. The van der Waals surface area contributed by atoms with Crippen molar-refractivity contribution in [3.05, 3.63) is 104 Å². The molecule has 0 aliphatic rings. The van der Waals surface area contributed by atoms with Crippen LogP contribution in [0.2, 0.25) is 0 Å². The molecule has 2 aromatic carbocycles. The lowest BCUT2D eigenvalue weighted by molar-refractivity contribution is 0.470. The van der Waals surface area contributed by atoms with Crippen LogP contribution < -0.4 is 15.9 Å². The van der Waals surface area contributed by atoms with E-state index >= 15 is 0 Å². The van der Waals surface area contributed by atoms with Crippen LogP contribution in [0.3, 0.4) is 0 Å². The van der Waals surface area contributed by atoms with Gasteiger partial charge in [-0.3, -0.25) is 9.59 Å². The van der Waals surface area contributed by atoms with Crippen LogP contribution in [0.25, 0.3) is 33.3 Å². The number of H-pyrrole nitrogens is 1. The van der Waals surface area contributed by atoms with Gasteiger partial charge in [-0.15, -0.1) is 0 Å². The summed E-state index contributed by atoms with van der Waals surface area (Å²) >= 11 is 0. The minimum atomic E-state index is -0.631. The smallest absolute Gasteiger partial charge is 0.274 e. The summed E-state index contributed by atoms with van der Waals surface area (Å²) in [7, 11) is 3.21. The van der Waals surface area contributed by atoms with Crippen molar-refractivity contribution in [1.82, 2.24) is 14.1 Å². The summed E-state index contributed by atoms with van der Waals surface area (Å²) in [5.41, 5.74) is 2.66. The third kappa shape index (κ3) is 3.90. The third-order valence-electron chi connectivity index (χ3n) is 6.29. The Bertz CT molecular complexity index is 1760. The van der Waals surface area contributed by atoms with Gasteiger partial charge in [0.05, 0.1) is 6.20 Å². The lowest BCUT2D eigenvalue weighted by Crippen LogP contribution is -2.18. The highest BCUT2D eigenvalue weighted by atomic mass is 19.1. The molecular formula is C28H23F2N3O3. The van der Waals surface area contributed by atoms with Crippen molar-refractivity contribution < 1.29 is 13.5 Å². The van der Waals surface area contributed by atoms with E-state index in [9.17, 15) is 18.4 Å². The molecular weight excluding hydrogens is 464 g/mol.